The Labute approximate surface area is 133 Å². The van der Waals surface area contributed by atoms with Crippen LogP contribution in [0.25, 0.3) is 6.08 Å². The van der Waals surface area contributed by atoms with E-state index in [0.717, 1.165) is 18.7 Å². The lowest BCUT2D eigenvalue weighted by Crippen LogP contribution is -2.28. The minimum Gasteiger partial charge on any atom is -0.496 e. The van der Waals surface area contributed by atoms with Gasteiger partial charge in [0.2, 0.25) is 0 Å². The van der Waals surface area contributed by atoms with E-state index in [2.05, 4.69) is 67.7 Å². The van der Waals surface area contributed by atoms with Crippen LogP contribution in [-0.4, -0.2) is 19.7 Å². The normalized spacial score (nSPS) is 12.5. The molecule has 1 atom stereocenters. The van der Waals surface area contributed by atoms with Crippen LogP contribution in [0.3, 0.4) is 0 Å². The molecule has 22 heavy (non-hydrogen) atoms. The molecule has 1 unspecified atom stereocenters. The largest absolute Gasteiger partial charge is 0.496 e. The molecule has 2 rings (SSSR count). The predicted molar refractivity (Wildman–Crippen MR) is 94.4 cm³/mol. The second-order valence-electron chi connectivity index (χ2n) is 5.64. The lowest BCUT2D eigenvalue weighted by molar-refractivity contribution is 0.406. The van der Waals surface area contributed by atoms with Crippen molar-refractivity contribution in [2.45, 2.75) is 26.3 Å². The highest BCUT2D eigenvalue weighted by Gasteiger charge is 2.07. The van der Waals surface area contributed by atoms with Gasteiger partial charge in [-0.05, 0) is 37.5 Å². The summed E-state index contributed by atoms with van der Waals surface area (Å²) in [6.07, 6.45) is 5.27. The molecule has 0 aliphatic rings. The van der Waals surface area contributed by atoms with Crippen molar-refractivity contribution >= 4 is 6.08 Å². The number of rotatable bonds is 7. The van der Waals surface area contributed by atoms with E-state index in [1.165, 1.54) is 16.7 Å². The molecular weight excluding hydrogens is 270 g/mol. The second kappa shape index (κ2) is 8.40. The third kappa shape index (κ3) is 5.05. The summed E-state index contributed by atoms with van der Waals surface area (Å²) in [6, 6.07) is 17.1. The van der Waals surface area contributed by atoms with E-state index in [9.17, 15) is 0 Å². The monoisotopic (exact) mass is 295 g/mol. The number of ether oxygens (including phenoxy) is 1. The molecule has 0 bridgehead atoms. The maximum absolute atomic E-state index is 5.44. The Balaban J connectivity index is 1.84. The zero-order valence-electron chi connectivity index (χ0n) is 13.7. The van der Waals surface area contributed by atoms with E-state index in [1.54, 1.807) is 7.11 Å². The molecule has 2 heteroatoms. The molecule has 0 saturated heterocycles. The Hall–Kier alpha value is -2.06. The van der Waals surface area contributed by atoms with Gasteiger partial charge in [0, 0.05) is 12.6 Å². The van der Waals surface area contributed by atoms with Crippen molar-refractivity contribution in [3.63, 3.8) is 0 Å². The zero-order chi connectivity index (χ0) is 15.8. The minimum absolute atomic E-state index is 0.399. The van der Waals surface area contributed by atoms with Gasteiger partial charge in [0.25, 0.3) is 0 Å². The summed E-state index contributed by atoms with van der Waals surface area (Å²) in [7, 11) is 1.73. The molecule has 116 valence electrons. The van der Waals surface area contributed by atoms with Gasteiger partial charge in [-0.3, -0.25) is 0 Å². The SMILES string of the molecule is COc1ccc(C)cc1CC(C)NC/C=C\c1ccccc1. The quantitative estimate of drug-likeness (QED) is 0.825. The van der Waals surface area contributed by atoms with Crippen LogP contribution >= 0.6 is 0 Å². The van der Waals surface area contributed by atoms with Gasteiger partial charge in [-0.2, -0.15) is 0 Å². The highest BCUT2D eigenvalue weighted by Crippen LogP contribution is 2.21. The molecule has 0 spiro atoms. The zero-order valence-corrected chi connectivity index (χ0v) is 13.7. The van der Waals surface area contributed by atoms with Crippen LogP contribution in [0.4, 0.5) is 0 Å². The van der Waals surface area contributed by atoms with E-state index >= 15 is 0 Å². The lowest BCUT2D eigenvalue weighted by Gasteiger charge is -2.15. The van der Waals surface area contributed by atoms with Crippen molar-refractivity contribution in [2.75, 3.05) is 13.7 Å². The van der Waals surface area contributed by atoms with Gasteiger partial charge in [-0.15, -0.1) is 0 Å². The van der Waals surface area contributed by atoms with Gasteiger partial charge in [0.05, 0.1) is 7.11 Å². The van der Waals surface area contributed by atoms with Gasteiger partial charge < -0.3 is 10.1 Å². The van der Waals surface area contributed by atoms with E-state index in [-0.39, 0.29) is 0 Å². The number of aryl methyl sites for hydroxylation is 1. The summed E-state index contributed by atoms with van der Waals surface area (Å²) in [4.78, 5) is 0. The minimum atomic E-state index is 0.399. The average molecular weight is 295 g/mol. The maximum atomic E-state index is 5.44. The summed E-state index contributed by atoms with van der Waals surface area (Å²) in [5.41, 5.74) is 3.76. The van der Waals surface area contributed by atoms with E-state index in [0.29, 0.717) is 6.04 Å². The molecule has 0 heterocycles. The van der Waals surface area contributed by atoms with Gasteiger partial charge in [-0.1, -0.05) is 60.2 Å². The van der Waals surface area contributed by atoms with Gasteiger partial charge in [-0.25, -0.2) is 0 Å². The molecule has 0 aliphatic heterocycles. The van der Waals surface area contributed by atoms with Crippen molar-refractivity contribution in [3.8, 4) is 5.75 Å². The third-order valence-electron chi connectivity index (χ3n) is 3.66. The molecule has 1 N–H and O–H groups in total. The molecule has 0 aliphatic carbocycles. The Kier molecular flexibility index (Phi) is 6.23. The van der Waals surface area contributed by atoms with Gasteiger partial charge >= 0.3 is 0 Å². The van der Waals surface area contributed by atoms with Crippen molar-refractivity contribution in [3.05, 3.63) is 71.3 Å². The molecule has 0 radical (unpaired) electrons. The van der Waals surface area contributed by atoms with Crippen LogP contribution in [0, 0.1) is 6.92 Å². The summed E-state index contributed by atoms with van der Waals surface area (Å²) in [5.74, 6) is 0.971. The fourth-order valence-corrected chi connectivity index (χ4v) is 2.50. The summed E-state index contributed by atoms with van der Waals surface area (Å²) in [5, 5.41) is 3.53. The van der Waals surface area contributed by atoms with E-state index < -0.39 is 0 Å². The number of hydrogen-bond donors (Lipinski definition) is 1. The average Bonchev–Trinajstić information content (AvgIpc) is 2.53. The number of hydrogen-bond acceptors (Lipinski definition) is 2. The fourth-order valence-electron chi connectivity index (χ4n) is 2.50. The van der Waals surface area contributed by atoms with Crippen molar-refractivity contribution < 1.29 is 4.74 Å². The first kappa shape index (κ1) is 16.3. The summed E-state index contributed by atoms with van der Waals surface area (Å²) >= 11 is 0. The van der Waals surface area contributed by atoms with Gasteiger partial charge in [0.15, 0.2) is 0 Å². The first-order valence-corrected chi connectivity index (χ1v) is 7.77. The molecule has 2 nitrogen and oxygen atoms in total. The molecule has 0 fully saturated rings. The van der Waals surface area contributed by atoms with Crippen LogP contribution in [-0.2, 0) is 6.42 Å². The summed E-state index contributed by atoms with van der Waals surface area (Å²) < 4.78 is 5.44. The van der Waals surface area contributed by atoms with Crippen LogP contribution in [0.1, 0.15) is 23.6 Å². The molecule has 0 amide bonds. The molecule has 0 saturated carbocycles. The van der Waals surface area contributed by atoms with Crippen molar-refractivity contribution in [1.29, 1.82) is 0 Å². The van der Waals surface area contributed by atoms with Crippen molar-refractivity contribution in [1.82, 2.24) is 5.32 Å². The van der Waals surface area contributed by atoms with Crippen LogP contribution < -0.4 is 10.1 Å². The molecule has 0 aromatic heterocycles. The van der Waals surface area contributed by atoms with Crippen LogP contribution in [0.15, 0.2) is 54.6 Å². The van der Waals surface area contributed by atoms with Crippen molar-refractivity contribution in [2.24, 2.45) is 0 Å². The van der Waals surface area contributed by atoms with E-state index in [4.69, 9.17) is 4.74 Å². The summed E-state index contributed by atoms with van der Waals surface area (Å²) in [6.45, 7) is 5.19. The molecule has 2 aromatic rings. The fraction of sp³-hybridized carbons (Fsp3) is 0.300. The molecule has 2 aromatic carbocycles. The number of benzene rings is 2. The lowest BCUT2D eigenvalue weighted by atomic mass is 10.0. The molecular formula is C20H25NO. The standard InChI is InChI=1S/C20H25NO/c1-16-11-12-20(22-3)19(14-16)15-17(2)21-13-7-10-18-8-5-4-6-9-18/h4-12,14,17,21H,13,15H2,1-3H3/b10-7-. The Bertz CT molecular complexity index is 604. The van der Waals surface area contributed by atoms with Crippen LogP contribution in [0.2, 0.25) is 0 Å². The Morgan fingerprint density at radius 2 is 1.91 bits per heavy atom. The smallest absolute Gasteiger partial charge is 0.122 e. The first-order chi connectivity index (χ1) is 10.7. The Morgan fingerprint density at radius 3 is 2.64 bits per heavy atom. The first-order valence-electron chi connectivity index (χ1n) is 7.77. The predicted octanol–water partition coefficient (Wildman–Crippen LogP) is 4.24. The number of methoxy groups -OCH3 is 1. The Morgan fingerprint density at radius 1 is 1.14 bits per heavy atom. The number of nitrogens with one attached hydrogen (secondary N) is 1. The highest BCUT2D eigenvalue weighted by atomic mass is 16.5. The third-order valence-corrected chi connectivity index (χ3v) is 3.66. The highest BCUT2D eigenvalue weighted by molar-refractivity contribution is 5.48. The topological polar surface area (TPSA) is 21.3 Å². The maximum Gasteiger partial charge on any atom is 0.122 e. The second-order valence-corrected chi connectivity index (χ2v) is 5.64. The van der Waals surface area contributed by atoms with E-state index in [1.807, 2.05) is 12.1 Å². The van der Waals surface area contributed by atoms with Gasteiger partial charge in [0.1, 0.15) is 5.75 Å². The van der Waals surface area contributed by atoms with Crippen LogP contribution in [0.5, 0.6) is 5.75 Å².